The van der Waals surface area contributed by atoms with Gasteiger partial charge < -0.3 is 5.32 Å². The lowest BCUT2D eigenvalue weighted by Crippen LogP contribution is -2.46. The van der Waals surface area contributed by atoms with Crippen LogP contribution in [-0.2, 0) is 0 Å². The summed E-state index contributed by atoms with van der Waals surface area (Å²) in [4.78, 5) is 2.42. The molecule has 0 spiro atoms. The van der Waals surface area contributed by atoms with E-state index in [1.807, 2.05) is 12.2 Å². The maximum Gasteiger partial charge on any atom is 0.0227 e. The average molecular weight is 180 g/mol. The smallest absolute Gasteiger partial charge is 0.0227 e. The summed E-state index contributed by atoms with van der Waals surface area (Å²) in [6, 6.07) is 0.671. The molecule has 0 saturated carbocycles. The number of hydrogen-bond donors (Lipinski definition) is 1. The molecular formula is C11H20N2. The molecule has 0 radical (unpaired) electrons. The molecule has 1 aliphatic rings. The minimum absolute atomic E-state index is 0.671. The highest BCUT2D eigenvalue weighted by molar-refractivity contribution is 4.87. The second-order valence-electron chi connectivity index (χ2n) is 3.53. The minimum Gasteiger partial charge on any atom is -0.315 e. The summed E-state index contributed by atoms with van der Waals surface area (Å²) in [6.45, 7) is 11.8. The molecule has 1 heterocycles. The zero-order chi connectivity index (χ0) is 9.52. The van der Waals surface area contributed by atoms with Gasteiger partial charge in [-0.1, -0.05) is 12.2 Å². The van der Waals surface area contributed by atoms with E-state index in [0.29, 0.717) is 6.04 Å². The van der Waals surface area contributed by atoms with Crippen LogP contribution >= 0.6 is 0 Å². The summed E-state index contributed by atoms with van der Waals surface area (Å²) in [5.74, 6) is 0. The lowest BCUT2D eigenvalue weighted by Gasteiger charge is -2.33. The van der Waals surface area contributed by atoms with Crippen LogP contribution in [0.3, 0.4) is 0 Å². The Balaban J connectivity index is 2.40. The summed E-state index contributed by atoms with van der Waals surface area (Å²) in [6.07, 6.45) is 6.53. The fourth-order valence-corrected chi connectivity index (χ4v) is 1.85. The Morgan fingerprint density at radius 3 is 2.46 bits per heavy atom. The van der Waals surface area contributed by atoms with Gasteiger partial charge in [0.2, 0.25) is 0 Å². The Kier molecular flexibility index (Phi) is 4.79. The number of hydrogen-bond acceptors (Lipinski definition) is 2. The van der Waals surface area contributed by atoms with Crippen molar-refractivity contribution < 1.29 is 0 Å². The Morgan fingerprint density at radius 2 is 2.00 bits per heavy atom. The van der Waals surface area contributed by atoms with Gasteiger partial charge in [0.05, 0.1) is 0 Å². The molecule has 2 heteroatoms. The molecule has 0 unspecified atom stereocenters. The van der Waals surface area contributed by atoms with Gasteiger partial charge in [-0.05, 0) is 19.4 Å². The fourth-order valence-electron chi connectivity index (χ4n) is 1.85. The summed E-state index contributed by atoms with van der Waals surface area (Å²) >= 11 is 0. The Hall–Kier alpha value is -0.600. The quantitative estimate of drug-likeness (QED) is 0.644. The van der Waals surface area contributed by atoms with E-state index >= 15 is 0 Å². The lowest BCUT2D eigenvalue weighted by atomic mass is 10.1. The number of nitrogens with zero attached hydrogens (tertiary/aromatic N) is 1. The Morgan fingerprint density at radius 1 is 1.31 bits per heavy atom. The van der Waals surface area contributed by atoms with Gasteiger partial charge >= 0.3 is 0 Å². The van der Waals surface area contributed by atoms with Crippen molar-refractivity contribution in [3.8, 4) is 0 Å². The molecule has 0 amide bonds. The SMILES string of the molecule is C=CCN(CC=C)[C@H]1CCCNC1. The molecule has 0 bridgehead atoms. The van der Waals surface area contributed by atoms with Crippen LogP contribution in [0.4, 0.5) is 0 Å². The van der Waals surface area contributed by atoms with Crippen LogP contribution in [-0.4, -0.2) is 37.1 Å². The molecule has 2 nitrogen and oxygen atoms in total. The van der Waals surface area contributed by atoms with E-state index in [1.54, 1.807) is 0 Å². The van der Waals surface area contributed by atoms with E-state index in [4.69, 9.17) is 0 Å². The van der Waals surface area contributed by atoms with Crippen molar-refractivity contribution in [2.24, 2.45) is 0 Å². The highest BCUT2D eigenvalue weighted by Crippen LogP contribution is 2.09. The van der Waals surface area contributed by atoms with Crippen LogP contribution in [0.1, 0.15) is 12.8 Å². The Bertz CT molecular complexity index is 149. The maximum absolute atomic E-state index is 3.78. The molecule has 0 aromatic heterocycles. The first kappa shape index (κ1) is 10.5. The summed E-state index contributed by atoms with van der Waals surface area (Å²) in [5, 5.41) is 3.42. The second-order valence-corrected chi connectivity index (χ2v) is 3.53. The third-order valence-corrected chi connectivity index (χ3v) is 2.51. The van der Waals surface area contributed by atoms with Crippen LogP contribution in [0, 0.1) is 0 Å². The van der Waals surface area contributed by atoms with Crippen molar-refractivity contribution in [2.45, 2.75) is 18.9 Å². The third kappa shape index (κ3) is 3.33. The standard InChI is InChI=1S/C11H20N2/c1-3-8-13(9-4-2)11-6-5-7-12-10-11/h3-4,11-12H,1-2,5-10H2/t11-/m0/s1. The molecule has 1 fully saturated rings. The van der Waals surface area contributed by atoms with Crippen molar-refractivity contribution >= 4 is 0 Å². The van der Waals surface area contributed by atoms with Crippen molar-refractivity contribution in [3.05, 3.63) is 25.3 Å². The van der Waals surface area contributed by atoms with Crippen LogP contribution in [0.2, 0.25) is 0 Å². The normalized spacial score (nSPS) is 23.0. The minimum atomic E-state index is 0.671. The van der Waals surface area contributed by atoms with E-state index in [-0.39, 0.29) is 0 Å². The summed E-state index contributed by atoms with van der Waals surface area (Å²) in [5.41, 5.74) is 0. The van der Waals surface area contributed by atoms with Gasteiger partial charge in [-0.15, -0.1) is 13.2 Å². The van der Waals surface area contributed by atoms with Crippen molar-refractivity contribution in [2.75, 3.05) is 26.2 Å². The van der Waals surface area contributed by atoms with Gasteiger partial charge in [0, 0.05) is 25.7 Å². The molecule has 1 aliphatic heterocycles. The van der Waals surface area contributed by atoms with Gasteiger partial charge in [0.25, 0.3) is 0 Å². The van der Waals surface area contributed by atoms with Gasteiger partial charge in [0.1, 0.15) is 0 Å². The number of rotatable bonds is 5. The molecule has 0 aromatic carbocycles. The predicted molar refractivity (Wildman–Crippen MR) is 57.9 cm³/mol. The largest absolute Gasteiger partial charge is 0.315 e. The highest BCUT2D eigenvalue weighted by atomic mass is 15.2. The first-order chi connectivity index (χ1) is 6.38. The van der Waals surface area contributed by atoms with E-state index in [1.165, 1.54) is 19.4 Å². The zero-order valence-corrected chi connectivity index (χ0v) is 8.34. The van der Waals surface area contributed by atoms with Crippen LogP contribution in [0.5, 0.6) is 0 Å². The molecule has 1 rings (SSSR count). The van der Waals surface area contributed by atoms with Crippen LogP contribution < -0.4 is 5.32 Å². The van der Waals surface area contributed by atoms with Gasteiger partial charge in [-0.2, -0.15) is 0 Å². The van der Waals surface area contributed by atoms with E-state index in [9.17, 15) is 0 Å². The molecule has 0 aromatic rings. The molecular weight excluding hydrogens is 160 g/mol. The first-order valence-corrected chi connectivity index (χ1v) is 5.05. The first-order valence-electron chi connectivity index (χ1n) is 5.05. The summed E-state index contributed by atoms with van der Waals surface area (Å²) in [7, 11) is 0. The molecule has 0 aliphatic carbocycles. The third-order valence-electron chi connectivity index (χ3n) is 2.51. The maximum atomic E-state index is 3.78. The lowest BCUT2D eigenvalue weighted by molar-refractivity contribution is 0.201. The predicted octanol–water partition coefficient (Wildman–Crippen LogP) is 1.41. The van der Waals surface area contributed by atoms with Gasteiger partial charge in [0.15, 0.2) is 0 Å². The summed E-state index contributed by atoms with van der Waals surface area (Å²) < 4.78 is 0. The second kappa shape index (κ2) is 5.95. The highest BCUT2D eigenvalue weighted by Gasteiger charge is 2.18. The van der Waals surface area contributed by atoms with E-state index in [0.717, 1.165) is 19.6 Å². The van der Waals surface area contributed by atoms with Crippen molar-refractivity contribution in [1.29, 1.82) is 0 Å². The van der Waals surface area contributed by atoms with E-state index in [2.05, 4.69) is 23.4 Å². The van der Waals surface area contributed by atoms with Crippen LogP contribution in [0.15, 0.2) is 25.3 Å². The molecule has 1 atom stereocenters. The molecule has 74 valence electrons. The molecule has 13 heavy (non-hydrogen) atoms. The van der Waals surface area contributed by atoms with Gasteiger partial charge in [-0.25, -0.2) is 0 Å². The van der Waals surface area contributed by atoms with Gasteiger partial charge in [-0.3, -0.25) is 4.90 Å². The number of nitrogens with one attached hydrogen (secondary N) is 1. The monoisotopic (exact) mass is 180 g/mol. The fraction of sp³-hybridized carbons (Fsp3) is 0.636. The number of piperidine rings is 1. The van der Waals surface area contributed by atoms with Crippen molar-refractivity contribution in [1.82, 2.24) is 10.2 Å². The molecule has 1 N–H and O–H groups in total. The van der Waals surface area contributed by atoms with Crippen LogP contribution in [0.25, 0.3) is 0 Å². The Labute approximate surface area is 81.3 Å². The zero-order valence-electron chi connectivity index (χ0n) is 8.34. The topological polar surface area (TPSA) is 15.3 Å². The molecule has 1 saturated heterocycles. The van der Waals surface area contributed by atoms with E-state index < -0.39 is 0 Å². The van der Waals surface area contributed by atoms with Crippen molar-refractivity contribution in [3.63, 3.8) is 0 Å². The average Bonchev–Trinajstić information content (AvgIpc) is 2.19.